The second kappa shape index (κ2) is 10.5. The molecular formula is C28H30N2O5S. The summed E-state index contributed by atoms with van der Waals surface area (Å²) in [4.78, 5) is 30.1. The molecule has 1 N–H and O–H groups in total. The van der Waals surface area contributed by atoms with Crippen molar-refractivity contribution in [1.82, 2.24) is 9.55 Å². The lowest BCUT2D eigenvalue weighted by molar-refractivity contribution is 0.0604. The Morgan fingerprint density at radius 2 is 1.86 bits per heavy atom. The van der Waals surface area contributed by atoms with E-state index in [4.69, 9.17) is 14.5 Å². The lowest BCUT2D eigenvalue weighted by atomic mass is 9.92. The van der Waals surface area contributed by atoms with Crippen LogP contribution in [0.15, 0.2) is 42.5 Å². The van der Waals surface area contributed by atoms with Gasteiger partial charge in [-0.2, -0.15) is 0 Å². The number of nitrogens with zero attached hydrogens (tertiary/aromatic N) is 2. The van der Waals surface area contributed by atoms with E-state index in [0.717, 1.165) is 44.8 Å². The highest BCUT2D eigenvalue weighted by Gasteiger charge is 2.22. The molecule has 0 amide bonds. The van der Waals surface area contributed by atoms with Crippen molar-refractivity contribution >= 4 is 33.6 Å². The number of carboxylic acid groups (broad SMARTS) is 1. The third-order valence-electron chi connectivity index (χ3n) is 6.24. The molecule has 0 saturated heterocycles. The SMILES string of the molecule is CCc1nc2c(C)c(C(=O)OC)sc2n1Cc1ccc(OCc2cccc(C(=O)O)c2C(C)C)cc1. The Bertz CT molecular complexity index is 1420. The van der Waals surface area contributed by atoms with E-state index in [-0.39, 0.29) is 11.9 Å². The number of rotatable bonds is 9. The molecule has 0 atom stereocenters. The summed E-state index contributed by atoms with van der Waals surface area (Å²) in [5, 5.41) is 9.55. The summed E-state index contributed by atoms with van der Waals surface area (Å²) in [6.07, 6.45) is 0.781. The lowest BCUT2D eigenvalue weighted by Gasteiger charge is -2.16. The normalized spacial score (nSPS) is 11.3. The van der Waals surface area contributed by atoms with Gasteiger partial charge in [-0.25, -0.2) is 14.6 Å². The van der Waals surface area contributed by atoms with Gasteiger partial charge in [0.1, 0.15) is 33.4 Å². The molecule has 0 aliphatic heterocycles. The van der Waals surface area contributed by atoms with E-state index in [1.165, 1.54) is 18.4 Å². The average Bonchev–Trinajstić information content (AvgIpc) is 3.38. The number of aromatic carboxylic acids is 1. The van der Waals surface area contributed by atoms with Crippen molar-refractivity contribution in [3.63, 3.8) is 0 Å². The third-order valence-corrected chi connectivity index (χ3v) is 7.53. The smallest absolute Gasteiger partial charge is 0.348 e. The highest BCUT2D eigenvalue weighted by molar-refractivity contribution is 7.20. The minimum atomic E-state index is -0.926. The zero-order chi connectivity index (χ0) is 26.0. The number of imidazole rings is 1. The van der Waals surface area contributed by atoms with Gasteiger partial charge in [-0.3, -0.25) is 0 Å². The van der Waals surface area contributed by atoms with Gasteiger partial charge < -0.3 is 19.1 Å². The summed E-state index contributed by atoms with van der Waals surface area (Å²) in [6.45, 7) is 8.87. The molecule has 0 unspecified atom stereocenters. The predicted octanol–water partition coefficient (Wildman–Crippen LogP) is 6.20. The van der Waals surface area contributed by atoms with Gasteiger partial charge in [-0.1, -0.05) is 45.0 Å². The van der Waals surface area contributed by atoms with Gasteiger partial charge in [0.2, 0.25) is 0 Å². The number of ether oxygens (including phenoxy) is 2. The van der Waals surface area contributed by atoms with Crippen LogP contribution in [-0.4, -0.2) is 33.7 Å². The number of fused-ring (bicyclic) bond motifs is 1. The Labute approximate surface area is 214 Å². The predicted molar refractivity (Wildman–Crippen MR) is 140 cm³/mol. The van der Waals surface area contributed by atoms with Gasteiger partial charge in [0.25, 0.3) is 0 Å². The van der Waals surface area contributed by atoms with Crippen LogP contribution in [0.3, 0.4) is 0 Å². The van der Waals surface area contributed by atoms with Crippen LogP contribution in [-0.2, 0) is 24.3 Å². The Hall–Kier alpha value is -3.65. The first-order valence-electron chi connectivity index (χ1n) is 11.9. The summed E-state index contributed by atoms with van der Waals surface area (Å²) >= 11 is 1.41. The van der Waals surface area contributed by atoms with Gasteiger partial charge in [0.15, 0.2) is 0 Å². The minimum Gasteiger partial charge on any atom is -0.489 e. The number of thiophene rings is 1. The summed E-state index contributed by atoms with van der Waals surface area (Å²) in [7, 11) is 1.39. The minimum absolute atomic E-state index is 0.0682. The monoisotopic (exact) mass is 506 g/mol. The quantitative estimate of drug-likeness (QED) is 0.272. The number of aryl methyl sites for hydroxylation is 2. The van der Waals surface area contributed by atoms with Crippen LogP contribution in [0.25, 0.3) is 10.3 Å². The van der Waals surface area contributed by atoms with Gasteiger partial charge in [-0.05, 0) is 47.7 Å². The van der Waals surface area contributed by atoms with E-state index in [9.17, 15) is 14.7 Å². The van der Waals surface area contributed by atoms with E-state index in [1.54, 1.807) is 12.1 Å². The fourth-order valence-electron chi connectivity index (χ4n) is 4.47. The molecule has 2 heterocycles. The largest absolute Gasteiger partial charge is 0.489 e. The summed E-state index contributed by atoms with van der Waals surface area (Å²) < 4.78 is 13.1. The maximum Gasteiger partial charge on any atom is 0.348 e. The molecule has 2 aromatic carbocycles. The molecule has 0 aliphatic rings. The molecule has 8 heteroatoms. The lowest BCUT2D eigenvalue weighted by Crippen LogP contribution is -2.09. The van der Waals surface area contributed by atoms with Crippen LogP contribution in [0.1, 0.15) is 74.8 Å². The van der Waals surface area contributed by atoms with Crippen molar-refractivity contribution in [3.8, 4) is 5.75 Å². The van der Waals surface area contributed by atoms with Crippen molar-refractivity contribution < 1.29 is 24.2 Å². The molecule has 0 aliphatic carbocycles. The number of aromatic nitrogens is 2. The first-order valence-corrected chi connectivity index (χ1v) is 12.7. The molecule has 4 rings (SSSR count). The van der Waals surface area contributed by atoms with Crippen molar-refractivity contribution in [2.75, 3.05) is 7.11 Å². The molecule has 0 fully saturated rings. The fourth-order valence-corrected chi connectivity index (χ4v) is 5.66. The average molecular weight is 507 g/mol. The van der Waals surface area contributed by atoms with E-state index in [1.807, 2.05) is 51.1 Å². The second-order valence-corrected chi connectivity index (χ2v) is 9.94. The molecule has 0 saturated carbocycles. The zero-order valence-corrected chi connectivity index (χ0v) is 21.9. The van der Waals surface area contributed by atoms with Gasteiger partial charge in [-0.15, -0.1) is 11.3 Å². The number of carbonyl (C=O) groups is 2. The highest BCUT2D eigenvalue weighted by Crippen LogP contribution is 2.33. The second-order valence-electron chi connectivity index (χ2n) is 8.94. The van der Waals surface area contributed by atoms with E-state index >= 15 is 0 Å². The molecular weight excluding hydrogens is 476 g/mol. The number of carboxylic acids is 1. The van der Waals surface area contributed by atoms with Crippen LogP contribution < -0.4 is 4.74 Å². The third kappa shape index (κ3) is 4.86. The first-order chi connectivity index (χ1) is 17.2. The summed E-state index contributed by atoms with van der Waals surface area (Å²) in [5.41, 5.74) is 4.78. The van der Waals surface area contributed by atoms with Crippen LogP contribution in [0.2, 0.25) is 0 Å². The number of hydrogen-bond donors (Lipinski definition) is 1. The van der Waals surface area contributed by atoms with Crippen LogP contribution in [0.5, 0.6) is 5.75 Å². The Balaban J connectivity index is 1.54. The van der Waals surface area contributed by atoms with Crippen LogP contribution in [0, 0.1) is 6.92 Å². The number of hydrogen-bond acceptors (Lipinski definition) is 6. The number of carbonyl (C=O) groups excluding carboxylic acids is 1. The number of benzene rings is 2. The Morgan fingerprint density at radius 1 is 1.14 bits per heavy atom. The molecule has 4 aromatic rings. The summed E-state index contributed by atoms with van der Waals surface area (Å²) in [5.74, 6) is 0.482. The van der Waals surface area contributed by atoms with Gasteiger partial charge >= 0.3 is 11.9 Å². The molecule has 2 aromatic heterocycles. The van der Waals surface area contributed by atoms with Crippen molar-refractivity contribution in [3.05, 3.63) is 81.0 Å². The van der Waals surface area contributed by atoms with Crippen LogP contribution in [0.4, 0.5) is 0 Å². The van der Waals surface area contributed by atoms with E-state index < -0.39 is 5.97 Å². The van der Waals surface area contributed by atoms with Gasteiger partial charge in [0, 0.05) is 12.0 Å². The topological polar surface area (TPSA) is 90.6 Å². The van der Waals surface area contributed by atoms with E-state index in [0.29, 0.717) is 29.3 Å². The molecule has 0 bridgehead atoms. The van der Waals surface area contributed by atoms with Crippen molar-refractivity contribution in [1.29, 1.82) is 0 Å². The molecule has 0 spiro atoms. The number of esters is 1. The van der Waals surface area contributed by atoms with Crippen molar-refractivity contribution in [2.24, 2.45) is 0 Å². The van der Waals surface area contributed by atoms with E-state index in [2.05, 4.69) is 11.5 Å². The zero-order valence-electron chi connectivity index (χ0n) is 21.1. The standard InChI is InChI=1S/C28H30N2O5S/c1-6-22-29-24-17(4)25(28(33)34-5)36-26(24)30(22)14-18-10-12-20(13-11-18)35-15-19-8-7-9-21(27(31)32)23(19)16(2)3/h7-13,16H,6,14-15H2,1-5H3,(H,31,32). The summed E-state index contributed by atoms with van der Waals surface area (Å²) in [6, 6.07) is 13.2. The molecule has 188 valence electrons. The fraction of sp³-hybridized carbons (Fsp3) is 0.321. The maximum atomic E-state index is 12.1. The first kappa shape index (κ1) is 25.4. The van der Waals surface area contributed by atoms with Crippen molar-refractivity contribution in [2.45, 2.75) is 53.2 Å². The maximum absolute atomic E-state index is 12.1. The van der Waals surface area contributed by atoms with Crippen LogP contribution >= 0.6 is 11.3 Å². The molecule has 0 radical (unpaired) electrons. The molecule has 36 heavy (non-hydrogen) atoms. The number of methoxy groups -OCH3 is 1. The molecule has 7 nitrogen and oxygen atoms in total. The Morgan fingerprint density at radius 3 is 2.47 bits per heavy atom. The Kier molecular flexibility index (Phi) is 7.45. The van der Waals surface area contributed by atoms with Gasteiger partial charge in [0.05, 0.1) is 19.2 Å². The highest BCUT2D eigenvalue weighted by atomic mass is 32.1.